The van der Waals surface area contributed by atoms with Gasteiger partial charge in [-0.1, -0.05) is 36.4 Å². The standard InChI is InChI=1S/C22H27N5OS.HI/c1-4-23-22(26-14-20-27-16(2)17(3)29-20)25-13-19-11-8-12-24-21(19)28-15-18-9-6-5-7-10-18;/h5-12H,4,13-15H2,1-3H3,(H2,23,25,26);1H. The molecule has 0 unspecified atom stereocenters. The third-order valence-corrected chi connectivity index (χ3v) is 5.37. The molecule has 1 aromatic carbocycles. The minimum Gasteiger partial charge on any atom is -0.473 e. The summed E-state index contributed by atoms with van der Waals surface area (Å²) in [5, 5.41) is 7.68. The number of hydrogen-bond acceptors (Lipinski definition) is 5. The van der Waals surface area contributed by atoms with Crippen LogP contribution in [0.25, 0.3) is 0 Å². The third-order valence-electron chi connectivity index (χ3n) is 4.30. The molecule has 2 heterocycles. The van der Waals surface area contributed by atoms with Crippen LogP contribution in [0.2, 0.25) is 0 Å². The van der Waals surface area contributed by atoms with Gasteiger partial charge in [0, 0.05) is 23.2 Å². The predicted octanol–water partition coefficient (Wildman–Crippen LogP) is 4.61. The highest BCUT2D eigenvalue weighted by molar-refractivity contribution is 14.0. The highest BCUT2D eigenvalue weighted by Crippen LogP contribution is 2.18. The van der Waals surface area contributed by atoms with E-state index in [4.69, 9.17) is 9.73 Å². The normalized spacial score (nSPS) is 11.0. The van der Waals surface area contributed by atoms with Crippen molar-refractivity contribution in [3.8, 4) is 5.88 Å². The summed E-state index contributed by atoms with van der Waals surface area (Å²) in [6.07, 6.45) is 1.74. The molecule has 0 radical (unpaired) electrons. The lowest BCUT2D eigenvalue weighted by Crippen LogP contribution is -2.36. The highest BCUT2D eigenvalue weighted by Gasteiger charge is 2.07. The maximum absolute atomic E-state index is 5.93. The number of rotatable bonds is 8. The van der Waals surface area contributed by atoms with Crippen LogP contribution in [-0.2, 0) is 19.7 Å². The van der Waals surface area contributed by atoms with E-state index in [1.807, 2.05) is 56.3 Å². The van der Waals surface area contributed by atoms with E-state index in [9.17, 15) is 0 Å². The molecule has 0 saturated heterocycles. The number of hydrogen-bond donors (Lipinski definition) is 2. The number of thiazole rings is 1. The molecule has 3 aromatic rings. The average Bonchev–Trinajstić information content (AvgIpc) is 3.07. The topological polar surface area (TPSA) is 71.4 Å². The molecule has 0 amide bonds. The molecule has 0 atom stereocenters. The Morgan fingerprint density at radius 3 is 2.60 bits per heavy atom. The minimum absolute atomic E-state index is 0. The van der Waals surface area contributed by atoms with E-state index in [1.54, 1.807) is 17.5 Å². The zero-order valence-electron chi connectivity index (χ0n) is 17.5. The average molecular weight is 537 g/mol. The first-order valence-corrected chi connectivity index (χ1v) is 10.5. The van der Waals surface area contributed by atoms with Crippen molar-refractivity contribution in [1.82, 2.24) is 20.6 Å². The largest absolute Gasteiger partial charge is 0.473 e. The summed E-state index contributed by atoms with van der Waals surface area (Å²) in [5.41, 5.74) is 3.14. The number of aliphatic imine (C=N–C) groups is 1. The Hall–Kier alpha value is -2.20. The second kappa shape index (κ2) is 12.5. The van der Waals surface area contributed by atoms with E-state index >= 15 is 0 Å². The number of aromatic nitrogens is 2. The third kappa shape index (κ3) is 7.24. The van der Waals surface area contributed by atoms with Gasteiger partial charge in [0.1, 0.15) is 11.6 Å². The van der Waals surface area contributed by atoms with Gasteiger partial charge in [-0.15, -0.1) is 35.3 Å². The number of aryl methyl sites for hydroxylation is 2. The second-order valence-electron chi connectivity index (χ2n) is 6.54. The molecular weight excluding hydrogens is 509 g/mol. The van der Waals surface area contributed by atoms with Gasteiger partial charge in [-0.25, -0.2) is 15.0 Å². The first-order chi connectivity index (χ1) is 14.2. The van der Waals surface area contributed by atoms with Crippen LogP contribution < -0.4 is 15.4 Å². The van der Waals surface area contributed by atoms with E-state index in [1.165, 1.54) is 4.88 Å². The Kier molecular flexibility index (Phi) is 10.0. The van der Waals surface area contributed by atoms with Crippen molar-refractivity contribution in [1.29, 1.82) is 0 Å². The maximum Gasteiger partial charge on any atom is 0.218 e. The summed E-state index contributed by atoms with van der Waals surface area (Å²) < 4.78 is 5.93. The molecule has 0 spiro atoms. The van der Waals surface area contributed by atoms with Crippen molar-refractivity contribution in [2.45, 2.75) is 40.5 Å². The van der Waals surface area contributed by atoms with Crippen molar-refractivity contribution < 1.29 is 4.74 Å². The van der Waals surface area contributed by atoms with Crippen LogP contribution in [0.4, 0.5) is 0 Å². The van der Waals surface area contributed by atoms with E-state index in [0.717, 1.165) is 34.3 Å². The molecule has 2 aromatic heterocycles. The van der Waals surface area contributed by atoms with Crippen molar-refractivity contribution in [2.75, 3.05) is 6.54 Å². The maximum atomic E-state index is 5.93. The first kappa shape index (κ1) is 24.1. The van der Waals surface area contributed by atoms with E-state index in [2.05, 4.69) is 27.5 Å². The summed E-state index contributed by atoms with van der Waals surface area (Å²) in [5.74, 6) is 1.36. The van der Waals surface area contributed by atoms with Crippen molar-refractivity contribution in [3.05, 3.63) is 75.4 Å². The summed E-state index contributed by atoms with van der Waals surface area (Å²) in [6, 6.07) is 14.0. The molecule has 160 valence electrons. The van der Waals surface area contributed by atoms with E-state index < -0.39 is 0 Å². The molecule has 0 aliphatic carbocycles. The number of benzene rings is 1. The molecule has 3 rings (SSSR count). The van der Waals surface area contributed by atoms with Gasteiger partial charge >= 0.3 is 0 Å². The van der Waals surface area contributed by atoms with Crippen molar-refractivity contribution in [2.24, 2.45) is 4.99 Å². The Balaban J connectivity index is 0.00000320. The fraction of sp³-hybridized carbons (Fsp3) is 0.318. The second-order valence-corrected chi connectivity index (χ2v) is 7.83. The number of halogens is 1. The Morgan fingerprint density at radius 2 is 1.90 bits per heavy atom. The van der Waals surface area contributed by atoms with Crippen LogP contribution in [0.3, 0.4) is 0 Å². The predicted molar refractivity (Wildman–Crippen MR) is 134 cm³/mol. The zero-order chi connectivity index (χ0) is 20.5. The van der Waals surface area contributed by atoms with Gasteiger partial charge in [0.2, 0.25) is 5.88 Å². The smallest absolute Gasteiger partial charge is 0.218 e. The van der Waals surface area contributed by atoms with Crippen LogP contribution in [0.5, 0.6) is 5.88 Å². The molecule has 6 nitrogen and oxygen atoms in total. The number of nitrogens with zero attached hydrogens (tertiary/aromatic N) is 3. The number of nitrogens with one attached hydrogen (secondary N) is 2. The van der Waals surface area contributed by atoms with Gasteiger partial charge in [0.15, 0.2) is 5.96 Å². The zero-order valence-corrected chi connectivity index (χ0v) is 20.7. The summed E-state index contributed by atoms with van der Waals surface area (Å²) >= 11 is 1.71. The molecule has 0 bridgehead atoms. The molecule has 8 heteroatoms. The van der Waals surface area contributed by atoms with Crippen LogP contribution >= 0.6 is 35.3 Å². The van der Waals surface area contributed by atoms with Crippen LogP contribution in [0.1, 0.15) is 33.6 Å². The minimum atomic E-state index is 0. The SMILES string of the molecule is CCNC(=NCc1cccnc1OCc1ccccc1)NCc1nc(C)c(C)s1.I. The van der Waals surface area contributed by atoms with E-state index in [-0.39, 0.29) is 24.0 Å². The number of guanidine groups is 1. The summed E-state index contributed by atoms with van der Waals surface area (Å²) in [7, 11) is 0. The molecule has 2 N–H and O–H groups in total. The molecule has 0 aliphatic rings. The lowest BCUT2D eigenvalue weighted by Gasteiger charge is -2.12. The molecule has 0 saturated carbocycles. The molecule has 30 heavy (non-hydrogen) atoms. The lowest BCUT2D eigenvalue weighted by molar-refractivity contribution is 0.290. The van der Waals surface area contributed by atoms with Crippen LogP contribution in [0.15, 0.2) is 53.7 Å². The number of pyridine rings is 1. The van der Waals surface area contributed by atoms with Crippen molar-refractivity contribution in [3.63, 3.8) is 0 Å². The van der Waals surface area contributed by atoms with Crippen LogP contribution in [0, 0.1) is 13.8 Å². The Labute approximate surface area is 199 Å². The Morgan fingerprint density at radius 1 is 1.10 bits per heavy atom. The summed E-state index contributed by atoms with van der Waals surface area (Å²) in [4.78, 5) is 14.9. The molecular formula is C22H28IN5OS. The van der Waals surface area contributed by atoms with Gasteiger partial charge in [-0.3, -0.25) is 0 Å². The Bertz CT molecular complexity index is 926. The van der Waals surface area contributed by atoms with Gasteiger partial charge in [-0.05, 0) is 32.4 Å². The van der Waals surface area contributed by atoms with Gasteiger partial charge in [-0.2, -0.15) is 0 Å². The quantitative estimate of drug-likeness (QED) is 0.250. The first-order valence-electron chi connectivity index (χ1n) is 9.71. The molecule has 0 fully saturated rings. The van der Waals surface area contributed by atoms with Crippen LogP contribution in [-0.4, -0.2) is 22.5 Å². The number of ether oxygens (including phenoxy) is 1. The fourth-order valence-corrected chi connectivity index (χ4v) is 3.55. The highest BCUT2D eigenvalue weighted by atomic mass is 127. The van der Waals surface area contributed by atoms with Gasteiger partial charge in [0.05, 0.1) is 18.8 Å². The fourth-order valence-electron chi connectivity index (χ4n) is 2.68. The monoisotopic (exact) mass is 537 g/mol. The van der Waals surface area contributed by atoms with E-state index in [0.29, 0.717) is 25.6 Å². The molecule has 0 aliphatic heterocycles. The van der Waals surface area contributed by atoms with Gasteiger partial charge < -0.3 is 15.4 Å². The summed E-state index contributed by atoms with van der Waals surface area (Å²) in [6.45, 7) is 8.57. The lowest BCUT2D eigenvalue weighted by atomic mass is 10.2. The van der Waals surface area contributed by atoms with Gasteiger partial charge in [0.25, 0.3) is 0 Å². The van der Waals surface area contributed by atoms with Crippen molar-refractivity contribution >= 4 is 41.3 Å².